The highest BCUT2D eigenvalue weighted by Gasteiger charge is 2.66. The third-order valence-electron chi connectivity index (χ3n) is 5.57. The molecule has 0 N–H and O–H groups in total. The van der Waals surface area contributed by atoms with Crippen molar-refractivity contribution in [2.75, 3.05) is 13.2 Å². The van der Waals surface area contributed by atoms with Gasteiger partial charge in [0.25, 0.3) is 14.3 Å². The Labute approximate surface area is 171 Å². The van der Waals surface area contributed by atoms with E-state index < -0.39 is 22.6 Å². The minimum absolute atomic E-state index is 0.113. The van der Waals surface area contributed by atoms with Gasteiger partial charge in [-0.2, -0.15) is 0 Å². The van der Waals surface area contributed by atoms with E-state index in [1.54, 1.807) is 0 Å². The highest BCUT2D eigenvalue weighted by Crippen LogP contribution is 2.63. The molecule has 0 aromatic carbocycles. The van der Waals surface area contributed by atoms with Gasteiger partial charge in [-0.25, -0.2) is 0 Å². The molecule has 0 saturated heterocycles. The van der Waals surface area contributed by atoms with E-state index in [4.69, 9.17) is 13.3 Å². The predicted molar refractivity (Wildman–Crippen MR) is 119 cm³/mol. The van der Waals surface area contributed by atoms with Crippen molar-refractivity contribution in [3.63, 3.8) is 0 Å². The van der Waals surface area contributed by atoms with Gasteiger partial charge in [-0.15, -0.1) is 0 Å². The minimum atomic E-state index is -2.63. The molecule has 0 bridgehead atoms. The van der Waals surface area contributed by atoms with E-state index >= 15 is 0 Å². The molecule has 0 saturated carbocycles. The molecule has 6 heteroatoms. The van der Waals surface area contributed by atoms with Crippen LogP contribution in [0, 0.1) is 0 Å². The van der Waals surface area contributed by atoms with Crippen molar-refractivity contribution < 1.29 is 18.1 Å². The van der Waals surface area contributed by atoms with Crippen molar-refractivity contribution in [1.29, 1.82) is 0 Å². The van der Waals surface area contributed by atoms with E-state index in [1.165, 1.54) is 0 Å². The zero-order chi connectivity index (χ0) is 21.9. The number of hydrogen-bond donors (Lipinski definition) is 0. The molecule has 0 aromatic rings. The van der Waals surface area contributed by atoms with Crippen molar-refractivity contribution >= 4 is 23.6 Å². The molecular weight excluding hydrogens is 372 g/mol. The first-order valence-corrected chi connectivity index (χ1v) is 13.5. The van der Waals surface area contributed by atoms with E-state index in [9.17, 15) is 4.79 Å². The standard InChI is InChI=1S/C21H45O4Si2/c1-14-21(13,26(23-15-2)24-16-3)17(22)25-27(18(4,5)6,19(7,8)9)20(10,11)12/h14-16H2,1-13H3. The minimum Gasteiger partial charge on any atom is -0.517 e. The number of hydrogen-bond acceptors (Lipinski definition) is 4. The highest BCUT2D eigenvalue weighted by molar-refractivity contribution is 6.83. The number of carbonyl (C=O) groups is 1. The topological polar surface area (TPSA) is 44.8 Å². The van der Waals surface area contributed by atoms with Crippen LogP contribution in [0.3, 0.4) is 0 Å². The fourth-order valence-electron chi connectivity index (χ4n) is 5.08. The summed E-state index contributed by atoms with van der Waals surface area (Å²) in [7, 11) is -4.42. The number of rotatable bonds is 8. The van der Waals surface area contributed by atoms with Gasteiger partial charge in [0.1, 0.15) is 5.04 Å². The summed E-state index contributed by atoms with van der Waals surface area (Å²) in [5.41, 5.74) is 0. The summed E-state index contributed by atoms with van der Waals surface area (Å²) < 4.78 is 18.6. The van der Waals surface area contributed by atoms with E-state index in [1.807, 2.05) is 27.7 Å². The largest absolute Gasteiger partial charge is 0.517 e. The molecular formula is C21H45O4Si2. The van der Waals surface area contributed by atoms with Gasteiger partial charge in [-0.1, -0.05) is 69.2 Å². The van der Waals surface area contributed by atoms with Crippen LogP contribution in [0.4, 0.5) is 0 Å². The summed E-state index contributed by atoms with van der Waals surface area (Å²) in [6.07, 6.45) is 0.642. The normalized spacial score (nSPS) is 16.4. The van der Waals surface area contributed by atoms with Crippen LogP contribution in [0.5, 0.6) is 0 Å². The maximum atomic E-state index is 13.7. The van der Waals surface area contributed by atoms with Crippen LogP contribution in [0.2, 0.25) is 20.2 Å². The Morgan fingerprint density at radius 2 is 1.07 bits per heavy atom. The third-order valence-corrected chi connectivity index (χ3v) is 15.0. The van der Waals surface area contributed by atoms with Crippen molar-refractivity contribution in [2.24, 2.45) is 0 Å². The molecule has 0 rings (SSSR count). The van der Waals surface area contributed by atoms with Crippen LogP contribution in [0.1, 0.15) is 96.4 Å². The van der Waals surface area contributed by atoms with E-state index in [-0.39, 0.29) is 21.1 Å². The zero-order valence-corrected chi connectivity index (χ0v) is 22.3. The quantitative estimate of drug-likeness (QED) is 0.417. The fraction of sp³-hybridized carbons (Fsp3) is 0.952. The van der Waals surface area contributed by atoms with Crippen molar-refractivity contribution in [3.05, 3.63) is 0 Å². The van der Waals surface area contributed by atoms with Gasteiger partial charge in [-0.05, 0) is 42.3 Å². The first-order chi connectivity index (χ1) is 12.0. The third kappa shape index (κ3) is 5.25. The fourth-order valence-corrected chi connectivity index (χ4v) is 15.1. The average molecular weight is 418 g/mol. The van der Waals surface area contributed by atoms with Gasteiger partial charge in [0.2, 0.25) is 0 Å². The lowest BCUT2D eigenvalue weighted by atomic mass is 10.1. The molecule has 0 aromatic heterocycles. The smallest absolute Gasteiger partial charge is 0.402 e. The van der Waals surface area contributed by atoms with Crippen LogP contribution < -0.4 is 0 Å². The van der Waals surface area contributed by atoms with E-state index in [2.05, 4.69) is 62.3 Å². The Kier molecular flexibility index (Phi) is 9.04. The molecule has 4 nitrogen and oxygen atoms in total. The Bertz CT molecular complexity index is 444. The second kappa shape index (κ2) is 9.10. The lowest BCUT2D eigenvalue weighted by Crippen LogP contribution is -2.63. The van der Waals surface area contributed by atoms with E-state index in [0.717, 1.165) is 0 Å². The van der Waals surface area contributed by atoms with Crippen LogP contribution in [-0.4, -0.2) is 36.8 Å². The predicted octanol–water partition coefficient (Wildman–Crippen LogP) is 6.61. The Morgan fingerprint density at radius 3 is 1.30 bits per heavy atom. The maximum absolute atomic E-state index is 13.7. The van der Waals surface area contributed by atoms with Crippen LogP contribution in [0.15, 0.2) is 0 Å². The molecule has 27 heavy (non-hydrogen) atoms. The summed E-state index contributed by atoms with van der Waals surface area (Å²) in [4.78, 5) is 13.7. The molecule has 0 aliphatic carbocycles. The van der Waals surface area contributed by atoms with Crippen LogP contribution in [0.25, 0.3) is 0 Å². The SMILES string of the molecule is CCO[Si](OCC)C(C)(CC)C(=O)O[Si](C(C)(C)C)(C(C)(C)C)C(C)(C)C. The lowest BCUT2D eigenvalue weighted by Gasteiger charge is -2.57. The van der Waals surface area contributed by atoms with E-state index in [0.29, 0.717) is 19.6 Å². The second-order valence-electron chi connectivity index (χ2n) is 10.7. The average Bonchev–Trinajstić information content (AvgIpc) is 2.47. The Hall–Kier alpha value is -0.176. The Balaban J connectivity index is 6.36. The van der Waals surface area contributed by atoms with Crippen molar-refractivity contribution in [1.82, 2.24) is 0 Å². The first kappa shape index (κ1) is 26.8. The van der Waals surface area contributed by atoms with Gasteiger partial charge >= 0.3 is 9.28 Å². The van der Waals surface area contributed by atoms with Gasteiger partial charge in [0.05, 0.1) is 0 Å². The monoisotopic (exact) mass is 417 g/mol. The molecule has 0 spiro atoms. The lowest BCUT2D eigenvalue weighted by molar-refractivity contribution is -0.140. The molecule has 0 fully saturated rings. The summed E-state index contributed by atoms with van der Waals surface area (Å²) in [6.45, 7) is 29.0. The van der Waals surface area contributed by atoms with Gasteiger partial charge in [-0.3, -0.25) is 4.79 Å². The van der Waals surface area contributed by atoms with Crippen molar-refractivity contribution in [2.45, 2.75) is 117 Å². The highest BCUT2D eigenvalue weighted by atomic mass is 28.4. The second-order valence-corrected chi connectivity index (χ2v) is 19.0. The number of carbonyl (C=O) groups excluding carboxylic acids is 1. The van der Waals surface area contributed by atoms with Crippen LogP contribution >= 0.6 is 0 Å². The van der Waals surface area contributed by atoms with Crippen LogP contribution in [-0.2, 0) is 18.1 Å². The van der Waals surface area contributed by atoms with Gasteiger partial charge < -0.3 is 13.3 Å². The molecule has 1 atom stereocenters. The summed E-state index contributed by atoms with van der Waals surface area (Å²) >= 11 is 0. The van der Waals surface area contributed by atoms with Gasteiger partial charge in [0.15, 0.2) is 0 Å². The summed E-state index contributed by atoms with van der Waals surface area (Å²) in [5.74, 6) is -0.146. The summed E-state index contributed by atoms with van der Waals surface area (Å²) in [6, 6.07) is 0. The molecule has 1 radical (unpaired) electrons. The zero-order valence-electron chi connectivity index (χ0n) is 20.3. The molecule has 0 aliphatic heterocycles. The molecule has 0 heterocycles. The molecule has 0 amide bonds. The maximum Gasteiger partial charge on any atom is 0.402 e. The Morgan fingerprint density at radius 1 is 0.741 bits per heavy atom. The van der Waals surface area contributed by atoms with Crippen molar-refractivity contribution in [3.8, 4) is 0 Å². The molecule has 161 valence electrons. The van der Waals surface area contributed by atoms with Gasteiger partial charge in [0, 0.05) is 13.2 Å². The molecule has 0 aliphatic rings. The molecule has 1 unspecified atom stereocenters. The summed E-state index contributed by atoms with van der Waals surface area (Å²) in [5, 5.41) is -1.08. The first-order valence-electron chi connectivity index (χ1n) is 10.3.